The number of carbonyl (C=O) groups is 1. The molecule has 0 aromatic heterocycles. The molecule has 1 aliphatic heterocycles. The van der Waals surface area contributed by atoms with Crippen LogP contribution in [0.15, 0.2) is 30.3 Å². The lowest BCUT2D eigenvalue weighted by molar-refractivity contribution is 0.0768. The topological polar surface area (TPSA) is 29.5 Å². The molecule has 1 atom stereocenters. The highest BCUT2D eigenvalue weighted by Crippen LogP contribution is 2.38. The summed E-state index contributed by atoms with van der Waals surface area (Å²) in [5, 5.41) is 0.212. The van der Waals surface area contributed by atoms with E-state index in [0.29, 0.717) is 0 Å². The van der Waals surface area contributed by atoms with Crippen molar-refractivity contribution >= 4 is 14.2 Å². The Labute approximate surface area is 129 Å². The smallest absolute Gasteiger partial charge is 0.253 e. The first-order valence-corrected chi connectivity index (χ1v) is 10.6. The Bertz CT molecular complexity index is 493. The molecule has 0 unspecified atom stereocenters. The van der Waals surface area contributed by atoms with Gasteiger partial charge >= 0.3 is 0 Å². The van der Waals surface area contributed by atoms with Gasteiger partial charge in [-0.1, -0.05) is 39.0 Å². The van der Waals surface area contributed by atoms with Gasteiger partial charge in [-0.25, -0.2) is 0 Å². The quantitative estimate of drug-likeness (QED) is 0.792. The van der Waals surface area contributed by atoms with Crippen molar-refractivity contribution in [3.8, 4) is 0 Å². The molecule has 0 bridgehead atoms. The van der Waals surface area contributed by atoms with Gasteiger partial charge in [0.1, 0.15) is 0 Å². The van der Waals surface area contributed by atoms with E-state index in [1.54, 1.807) is 0 Å². The first kappa shape index (κ1) is 16.2. The second kappa shape index (κ2) is 5.93. The minimum absolute atomic E-state index is 0.122. The lowest BCUT2D eigenvalue weighted by Gasteiger charge is -2.38. The SMILES string of the molecule is CC(C)(C)[Si](C)(C)O[C@@H]1CCN(C(=O)c2ccccc2)C1. The Hall–Kier alpha value is -1.13. The molecule has 0 spiro atoms. The van der Waals surface area contributed by atoms with Crippen LogP contribution in [0.2, 0.25) is 18.1 Å². The van der Waals surface area contributed by atoms with Crippen molar-refractivity contribution in [2.24, 2.45) is 0 Å². The monoisotopic (exact) mass is 305 g/mol. The minimum atomic E-state index is -1.75. The molecule has 0 saturated carbocycles. The Morgan fingerprint density at radius 1 is 1.24 bits per heavy atom. The summed E-state index contributed by atoms with van der Waals surface area (Å²) in [6.07, 6.45) is 1.14. The van der Waals surface area contributed by atoms with Crippen molar-refractivity contribution < 1.29 is 9.22 Å². The fourth-order valence-corrected chi connectivity index (χ4v) is 3.74. The Morgan fingerprint density at radius 3 is 2.43 bits per heavy atom. The zero-order chi connectivity index (χ0) is 15.7. The fraction of sp³-hybridized carbons (Fsp3) is 0.588. The van der Waals surface area contributed by atoms with Crippen molar-refractivity contribution in [2.45, 2.75) is 51.4 Å². The summed E-state index contributed by atoms with van der Waals surface area (Å²) in [6.45, 7) is 12.8. The number of rotatable bonds is 3. The van der Waals surface area contributed by atoms with Crippen LogP contribution in [0.4, 0.5) is 0 Å². The van der Waals surface area contributed by atoms with Crippen LogP contribution < -0.4 is 0 Å². The van der Waals surface area contributed by atoms with Crippen LogP contribution in [0.1, 0.15) is 37.6 Å². The molecule has 116 valence electrons. The summed E-state index contributed by atoms with van der Waals surface area (Å²) >= 11 is 0. The molecule has 1 aromatic carbocycles. The summed E-state index contributed by atoms with van der Waals surface area (Å²) in [7, 11) is -1.75. The number of carbonyl (C=O) groups excluding carboxylic acids is 1. The van der Waals surface area contributed by atoms with Crippen LogP contribution in [0.3, 0.4) is 0 Å². The molecule has 1 fully saturated rings. The highest BCUT2D eigenvalue weighted by Gasteiger charge is 2.41. The van der Waals surface area contributed by atoms with Gasteiger partial charge in [0.05, 0.1) is 6.10 Å². The maximum absolute atomic E-state index is 12.4. The molecular formula is C17H27NO2Si. The molecule has 1 aromatic rings. The van der Waals surface area contributed by atoms with Gasteiger partial charge in [-0.2, -0.15) is 0 Å². The second-order valence-corrected chi connectivity index (χ2v) is 12.2. The molecular weight excluding hydrogens is 278 g/mol. The first-order valence-electron chi connectivity index (χ1n) is 7.73. The van der Waals surface area contributed by atoms with Crippen molar-refractivity contribution in [1.82, 2.24) is 4.90 Å². The third-order valence-corrected chi connectivity index (χ3v) is 9.26. The van der Waals surface area contributed by atoms with Crippen LogP contribution >= 0.6 is 0 Å². The van der Waals surface area contributed by atoms with Crippen molar-refractivity contribution in [3.63, 3.8) is 0 Å². The largest absolute Gasteiger partial charge is 0.412 e. The summed E-state index contributed by atoms with van der Waals surface area (Å²) in [4.78, 5) is 14.4. The minimum Gasteiger partial charge on any atom is -0.412 e. The van der Waals surface area contributed by atoms with Crippen molar-refractivity contribution in [3.05, 3.63) is 35.9 Å². The van der Waals surface area contributed by atoms with Gasteiger partial charge in [0, 0.05) is 18.7 Å². The summed E-state index contributed by atoms with van der Waals surface area (Å²) < 4.78 is 6.42. The van der Waals surface area contributed by atoms with E-state index in [2.05, 4.69) is 33.9 Å². The number of hydrogen-bond donors (Lipinski definition) is 0. The maximum Gasteiger partial charge on any atom is 0.253 e. The van der Waals surface area contributed by atoms with Crippen LogP contribution in [0.25, 0.3) is 0 Å². The average molecular weight is 305 g/mol. The van der Waals surface area contributed by atoms with Crippen molar-refractivity contribution in [2.75, 3.05) is 13.1 Å². The molecule has 3 nitrogen and oxygen atoms in total. The molecule has 0 N–H and O–H groups in total. The number of likely N-dealkylation sites (tertiary alicyclic amines) is 1. The third kappa shape index (κ3) is 3.74. The molecule has 1 amide bonds. The van der Waals surface area contributed by atoms with Crippen LogP contribution in [-0.4, -0.2) is 38.3 Å². The highest BCUT2D eigenvalue weighted by atomic mass is 28.4. The molecule has 4 heteroatoms. The average Bonchev–Trinajstić information content (AvgIpc) is 2.85. The van der Waals surface area contributed by atoms with Gasteiger partial charge in [-0.3, -0.25) is 4.79 Å². The number of hydrogen-bond acceptors (Lipinski definition) is 2. The van der Waals surface area contributed by atoms with Gasteiger partial charge in [0.2, 0.25) is 0 Å². The van der Waals surface area contributed by atoms with Crippen molar-refractivity contribution in [1.29, 1.82) is 0 Å². The van der Waals surface area contributed by atoms with E-state index < -0.39 is 8.32 Å². The predicted molar refractivity (Wildman–Crippen MR) is 89.0 cm³/mol. The molecule has 1 aliphatic rings. The van der Waals surface area contributed by atoms with Gasteiger partial charge in [0.25, 0.3) is 5.91 Å². The molecule has 0 aliphatic carbocycles. The summed E-state index contributed by atoms with van der Waals surface area (Å²) in [5.41, 5.74) is 0.769. The van der Waals surface area contributed by atoms with Gasteiger partial charge in [-0.05, 0) is 36.7 Å². The highest BCUT2D eigenvalue weighted by molar-refractivity contribution is 6.74. The fourth-order valence-electron chi connectivity index (χ4n) is 2.37. The third-order valence-electron chi connectivity index (χ3n) is 4.72. The first-order chi connectivity index (χ1) is 9.71. The molecule has 21 heavy (non-hydrogen) atoms. The molecule has 1 heterocycles. The van der Waals surface area contributed by atoms with Crippen LogP contribution in [0.5, 0.6) is 0 Å². The van der Waals surface area contributed by atoms with E-state index in [1.165, 1.54) is 0 Å². The van der Waals surface area contributed by atoms with E-state index in [1.807, 2.05) is 35.2 Å². The Kier molecular flexibility index (Phi) is 4.59. The van der Waals surface area contributed by atoms with Gasteiger partial charge < -0.3 is 9.33 Å². The zero-order valence-electron chi connectivity index (χ0n) is 13.8. The van der Waals surface area contributed by atoms with E-state index >= 15 is 0 Å². The van der Waals surface area contributed by atoms with Crippen LogP contribution in [-0.2, 0) is 4.43 Å². The Balaban J connectivity index is 1.97. The summed E-state index contributed by atoms with van der Waals surface area (Å²) in [6, 6.07) is 9.51. The standard InChI is InChI=1S/C17H27NO2Si/c1-17(2,3)21(4,5)20-15-11-12-18(13-15)16(19)14-9-7-6-8-10-14/h6-10,15H,11-13H2,1-5H3/t15-/m1/s1. The molecule has 0 radical (unpaired) electrons. The van der Waals surface area contributed by atoms with E-state index in [4.69, 9.17) is 4.43 Å². The van der Waals surface area contributed by atoms with E-state index in [0.717, 1.165) is 25.1 Å². The second-order valence-electron chi connectivity index (χ2n) is 7.41. The Morgan fingerprint density at radius 2 is 1.86 bits per heavy atom. The summed E-state index contributed by atoms with van der Waals surface area (Å²) in [5.74, 6) is 0.122. The molecule has 2 rings (SSSR count). The lowest BCUT2D eigenvalue weighted by atomic mass is 10.2. The number of benzene rings is 1. The number of nitrogens with zero attached hydrogens (tertiary/aromatic N) is 1. The predicted octanol–water partition coefficient (Wildman–Crippen LogP) is 3.92. The lowest BCUT2D eigenvalue weighted by Crippen LogP contribution is -2.44. The number of amides is 1. The van der Waals surface area contributed by atoms with Gasteiger partial charge in [-0.15, -0.1) is 0 Å². The molecule has 1 saturated heterocycles. The van der Waals surface area contributed by atoms with E-state index in [-0.39, 0.29) is 17.0 Å². The van der Waals surface area contributed by atoms with Crippen LogP contribution in [0, 0.1) is 0 Å². The van der Waals surface area contributed by atoms with E-state index in [9.17, 15) is 4.79 Å². The van der Waals surface area contributed by atoms with Gasteiger partial charge in [0.15, 0.2) is 8.32 Å². The zero-order valence-corrected chi connectivity index (χ0v) is 14.8. The maximum atomic E-state index is 12.4. The normalized spacial score (nSPS) is 19.9.